The minimum absolute atomic E-state index is 0.677. The molecule has 1 aromatic carbocycles. The van der Waals surface area contributed by atoms with Gasteiger partial charge in [0.2, 0.25) is 0 Å². The summed E-state index contributed by atoms with van der Waals surface area (Å²) in [6, 6.07) is 7.93. The van der Waals surface area contributed by atoms with E-state index in [-0.39, 0.29) is 0 Å². The van der Waals surface area contributed by atoms with E-state index in [1.807, 2.05) is 36.0 Å². The lowest BCUT2D eigenvalue weighted by atomic mass is 10.1. The number of benzene rings is 1. The number of para-hydroxylation sites is 1. The molecular formula is C14H12ClN3. The third-order valence-electron chi connectivity index (χ3n) is 3.05. The van der Waals surface area contributed by atoms with E-state index in [0.717, 1.165) is 27.9 Å². The molecule has 3 rings (SSSR count). The van der Waals surface area contributed by atoms with Gasteiger partial charge in [-0.1, -0.05) is 23.7 Å². The summed E-state index contributed by atoms with van der Waals surface area (Å²) in [4.78, 5) is 8.82. The van der Waals surface area contributed by atoms with Crippen LogP contribution in [0.1, 0.15) is 5.56 Å². The predicted molar refractivity (Wildman–Crippen MR) is 73.7 cm³/mol. The van der Waals surface area contributed by atoms with Crippen molar-refractivity contribution in [3.05, 3.63) is 47.4 Å². The molecule has 0 amide bonds. The van der Waals surface area contributed by atoms with Crippen LogP contribution in [-0.2, 0) is 7.05 Å². The van der Waals surface area contributed by atoms with Crippen LogP contribution in [0.4, 0.5) is 0 Å². The van der Waals surface area contributed by atoms with E-state index in [0.29, 0.717) is 5.02 Å². The van der Waals surface area contributed by atoms with Crippen molar-refractivity contribution in [1.29, 1.82) is 0 Å². The van der Waals surface area contributed by atoms with E-state index in [1.165, 1.54) is 0 Å². The van der Waals surface area contributed by atoms with Crippen molar-refractivity contribution in [3.8, 4) is 11.4 Å². The lowest BCUT2D eigenvalue weighted by Crippen LogP contribution is -1.95. The Morgan fingerprint density at radius 3 is 2.83 bits per heavy atom. The van der Waals surface area contributed by atoms with Crippen LogP contribution in [0.15, 0.2) is 36.8 Å². The third-order valence-corrected chi connectivity index (χ3v) is 3.35. The molecule has 0 radical (unpaired) electrons. The Morgan fingerprint density at radius 1 is 1.28 bits per heavy atom. The van der Waals surface area contributed by atoms with Gasteiger partial charge in [0.15, 0.2) is 0 Å². The van der Waals surface area contributed by atoms with Crippen LogP contribution < -0.4 is 0 Å². The summed E-state index contributed by atoms with van der Waals surface area (Å²) in [5, 5.41) is 1.74. The van der Waals surface area contributed by atoms with Gasteiger partial charge in [-0.05, 0) is 24.6 Å². The number of nitrogens with zero attached hydrogens (tertiary/aromatic N) is 3. The van der Waals surface area contributed by atoms with Gasteiger partial charge in [0, 0.05) is 12.4 Å². The van der Waals surface area contributed by atoms with Gasteiger partial charge in [-0.25, -0.2) is 9.97 Å². The van der Waals surface area contributed by atoms with E-state index in [4.69, 9.17) is 11.6 Å². The average Bonchev–Trinajstić information content (AvgIpc) is 2.75. The normalized spacial score (nSPS) is 11.1. The van der Waals surface area contributed by atoms with Crippen LogP contribution in [0.25, 0.3) is 22.3 Å². The highest BCUT2D eigenvalue weighted by Crippen LogP contribution is 2.28. The van der Waals surface area contributed by atoms with Crippen LogP contribution in [0.3, 0.4) is 0 Å². The molecule has 3 aromatic rings. The molecule has 18 heavy (non-hydrogen) atoms. The van der Waals surface area contributed by atoms with Crippen LogP contribution in [0.2, 0.25) is 5.02 Å². The Balaban J connectivity index is 2.34. The Morgan fingerprint density at radius 2 is 2.11 bits per heavy atom. The number of fused-ring (bicyclic) bond motifs is 1. The molecule has 0 atom stereocenters. The van der Waals surface area contributed by atoms with Crippen molar-refractivity contribution in [2.75, 3.05) is 0 Å². The lowest BCUT2D eigenvalue weighted by Gasteiger charge is -2.08. The molecular weight excluding hydrogens is 246 g/mol. The summed E-state index contributed by atoms with van der Waals surface area (Å²) in [5.74, 6) is 0. The first-order valence-electron chi connectivity index (χ1n) is 5.69. The molecule has 3 nitrogen and oxygen atoms in total. The van der Waals surface area contributed by atoms with Crippen molar-refractivity contribution in [2.24, 2.45) is 7.05 Å². The number of aryl methyl sites for hydroxylation is 2. The predicted octanol–water partition coefficient (Wildman–Crippen LogP) is 3.60. The molecule has 0 aliphatic rings. The van der Waals surface area contributed by atoms with Crippen molar-refractivity contribution in [1.82, 2.24) is 14.5 Å². The van der Waals surface area contributed by atoms with Gasteiger partial charge < -0.3 is 4.57 Å². The molecule has 0 aliphatic carbocycles. The van der Waals surface area contributed by atoms with Crippen LogP contribution >= 0.6 is 11.6 Å². The van der Waals surface area contributed by atoms with E-state index in [2.05, 4.69) is 23.0 Å². The zero-order chi connectivity index (χ0) is 12.7. The number of halogens is 1. The second kappa shape index (κ2) is 4.10. The van der Waals surface area contributed by atoms with Crippen LogP contribution in [0, 0.1) is 6.92 Å². The largest absolute Gasteiger partial charge is 0.332 e. The minimum atomic E-state index is 0.677. The molecule has 0 saturated heterocycles. The minimum Gasteiger partial charge on any atom is -0.332 e. The van der Waals surface area contributed by atoms with E-state index in [1.54, 1.807) is 6.33 Å². The van der Waals surface area contributed by atoms with Gasteiger partial charge in [0.1, 0.15) is 0 Å². The lowest BCUT2D eigenvalue weighted by molar-refractivity contribution is 0.916. The van der Waals surface area contributed by atoms with Crippen molar-refractivity contribution in [2.45, 2.75) is 6.92 Å². The molecule has 90 valence electrons. The first kappa shape index (κ1) is 11.2. The average molecular weight is 258 g/mol. The third kappa shape index (κ3) is 1.68. The van der Waals surface area contributed by atoms with Crippen molar-refractivity contribution in [3.63, 3.8) is 0 Å². The molecule has 2 aromatic heterocycles. The summed E-state index contributed by atoms with van der Waals surface area (Å²) in [7, 11) is 1.96. The van der Waals surface area contributed by atoms with Crippen LogP contribution in [-0.4, -0.2) is 14.5 Å². The second-order valence-corrected chi connectivity index (χ2v) is 4.76. The van der Waals surface area contributed by atoms with Crippen molar-refractivity contribution < 1.29 is 0 Å². The SMILES string of the molecule is Cc1cc2cccc(Cl)c2nc1-c1cncn1C. The summed E-state index contributed by atoms with van der Waals surface area (Å²) in [5.41, 5.74) is 3.87. The maximum atomic E-state index is 6.20. The summed E-state index contributed by atoms with van der Waals surface area (Å²) in [6.45, 7) is 2.05. The molecule has 0 saturated carbocycles. The number of hydrogen-bond donors (Lipinski definition) is 0. The summed E-state index contributed by atoms with van der Waals surface area (Å²) >= 11 is 6.20. The van der Waals surface area contributed by atoms with Crippen LogP contribution in [0.5, 0.6) is 0 Å². The van der Waals surface area contributed by atoms with E-state index in [9.17, 15) is 0 Å². The van der Waals surface area contributed by atoms with Gasteiger partial charge in [0.05, 0.1) is 34.5 Å². The molecule has 0 N–H and O–H groups in total. The molecule has 0 bridgehead atoms. The van der Waals surface area contributed by atoms with E-state index < -0.39 is 0 Å². The highest BCUT2D eigenvalue weighted by molar-refractivity contribution is 6.35. The second-order valence-electron chi connectivity index (χ2n) is 4.36. The number of hydrogen-bond acceptors (Lipinski definition) is 2. The highest BCUT2D eigenvalue weighted by atomic mass is 35.5. The van der Waals surface area contributed by atoms with Gasteiger partial charge >= 0.3 is 0 Å². The number of pyridine rings is 1. The Kier molecular flexibility index (Phi) is 2.56. The molecule has 4 heteroatoms. The zero-order valence-electron chi connectivity index (χ0n) is 10.2. The quantitative estimate of drug-likeness (QED) is 0.667. The summed E-state index contributed by atoms with van der Waals surface area (Å²) < 4.78 is 1.96. The molecule has 0 fully saturated rings. The van der Waals surface area contributed by atoms with Gasteiger partial charge in [-0.15, -0.1) is 0 Å². The standard InChI is InChI=1S/C14H12ClN3/c1-9-6-10-4-3-5-11(15)14(10)17-13(9)12-7-16-8-18(12)2/h3-8H,1-2H3. The first-order valence-corrected chi connectivity index (χ1v) is 6.07. The zero-order valence-corrected chi connectivity index (χ0v) is 10.9. The summed E-state index contributed by atoms with van der Waals surface area (Å²) in [6.07, 6.45) is 3.59. The van der Waals surface area contributed by atoms with Crippen molar-refractivity contribution >= 4 is 22.5 Å². The molecule has 0 aliphatic heterocycles. The maximum Gasteiger partial charge on any atom is 0.0948 e. The number of imidazole rings is 1. The monoisotopic (exact) mass is 257 g/mol. The number of rotatable bonds is 1. The fourth-order valence-electron chi connectivity index (χ4n) is 2.11. The fraction of sp³-hybridized carbons (Fsp3) is 0.143. The smallest absolute Gasteiger partial charge is 0.0948 e. The Hall–Kier alpha value is -1.87. The Bertz CT molecular complexity index is 731. The Labute approximate surface area is 110 Å². The topological polar surface area (TPSA) is 30.7 Å². The van der Waals surface area contributed by atoms with E-state index >= 15 is 0 Å². The number of aromatic nitrogens is 3. The fourth-order valence-corrected chi connectivity index (χ4v) is 2.34. The van der Waals surface area contributed by atoms with Gasteiger partial charge in [-0.2, -0.15) is 0 Å². The molecule has 0 unspecified atom stereocenters. The molecule has 0 spiro atoms. The molecule has 2 heterocycles. The van der Waals surface area contributed by atoms with Gasteiger partial charge in [-0.3, -0.25) is 0 Å². The highest BCUT2D eigenvalue weighted by Gasteiger charge is 2.10. The maximum absolute atomic E-state index is 6.20. The first-order chi connectivity index (χ1) is 8.66. The van der Waals surface area contributed by atoms with Gasteiger partial charge in [0.25, 0.3) is 0 Å².